The molecule has 3 heterocycles. The maximum Gasteiger partial charge on any atom is 0.356 e. The Morgan fingerprint density at radius 1 is 1.33 bits per heavy atom. The van der Waals surface area contributed by atoms with Crippen LogP contribution in [0.15, 0.2) is 6.07 Å². The SMILES string of the molecule is COC(=O)c1cc(NC(=O)N2CCC3(CCNC3=O)CC2)nn1C. The van der Waals surface area contributed by atoms with Gasteiger partial charge >= 0.3 is 12.0 Å². The number of carbonyl (C=O) groups excluding carboxylic acids is 3. The summed E-state index contributed by atoms with van der Waals surface area (Å²) in [6, 6.07) is 1.19. The van der Waals surface area contributed by atoms with Crippen LogP contribution in [0.3, 0.4) is 0 Å². The molecule has 24 heavy (non-hydrogen) atoms. The van der Waals surface area contributed by atoms with Gasteiger partial charge in [-0.15, -0.1) is 0 Å². The lowest BCUT2D eigenvalue weighted by molar-refractivity contribution is -0.129. The lowest BCUT2D eigenvalue weighted by Gasteiger charge is -2.37. The highest BCUT2D eigenvalue weighted by molar-refractivity contribution is 5.92. The Labute approximate surface area is 139 Å². The van der Waals surface area contributed by atoms with Gasteiger partial charge in [0.25, 0.3) is 0 Å². The predicted octanol–water partition coefficient (Wildman–Crippen LogP) is 0.341. The number of amides is 3. The number of carbonyl (C=O) groups is 3. The number of likely N-dealkylation sites (tertiary alicyclic amines) is 1. The minimum atomic E-state index is -0.516. The first-order valence-electron chi connectivity index (χ1n) is 7.92. The van der Waals surface area contributed by atoms with Crippen molar-refractivity contribution in [3.8, 4) is 0 Å². The number of aromatic nitrogens is 2. The number of piperidine rings is 1. The Morgan fingerprint density at radius 2 is 2.04 bits per heavy atom. The molecule has 3 rings (SSSR count). The Hall–Kier alpha value is -2.58. The minimum Gasteiger partial charge on any atom is -0.464 e. The van der Waals surface area contributed by atoms with Crippen LogP contribution in [0, 0.1) is 5.41 Å². The molecule has 9 heteroatoms. The Balaban J connectivity index is 1.60. The van der Waals surface area contributed by atoms with Crippen molar-refractivity contribution >= 4 is 23.7 Å². The average molecular weight is 335 g/mol. The van der Waals surface area contributed by atoms with Gasteiger partial charge in [-0.3, -0.25) is 14.8 Å². The topological polar surface area (TPSA) is 106 Å². The fourth-order valence-corrected chi connectivity index (χ4v) is 3.34. The van der Waals surface area contributed by atoms with Gasteiger partial charge in [0, 0.05) is 32.7 Å². The summed E-state index contributed by atoms with van der Waals surface area (Å²) in [6.45, 7) is 1.77. The number of hydrogen-bond acceptors (Lipinski definition) is 5. The highest BCUT2D eigenvalue weighted by atomic mass is 16.5. The molecule has 2 N–H and O–H groups in total. The van der Waals surface area contributed by atoms with E-state index in [4.69, 9.17) is 0 Å². The van der Waals surface area contributed by atoms with Gasteiger partial charge in [0.05, 0.1) is 12.5 Å². The second-order valence-electron chi connectivity index (χ2n) is 6.23. The number of methoxy groups -OCH3 is 1. The van der Waals surface area contributed by atoms with Gasteiger partial charge in [-0.25, -0.2) is 9.59 Å². The Bertz CT molecular complexity index is 675. The molecule has 9 nitrogen and oxygen atoms in total. The van der Waals surface area contributed by atoms with E-state index in [0.29, 0.717) is 31.7 Å². The number of rotatable bonds is 2. The molecule has 1 aromatic rings. The molecule has 1 spiro atoms. The zero-order valence-corrected chi connectivity index (χ0v) is 13.8. The second kappa shape index (κ2) is 6.14. The maximum atomic E-state index is 12.4. The van der Waals surface area contributed by atoms with Crippen molar-refractivity contribution in [1.29, 1.82) is 0 Å². The van der Waals surface area contributed by atoms with Crippen LogP contribution >= 0.6 is 0 Å². The molecule has 0 aromatic carbocycles. The first-order chi connectivity index (χ1) is 11.4. The van der Waals surface area contributed by atoms with Crippen LogP contribution in [0.1, 0.15) is 29.8 Å². The second-order valence-corrected chi connectivity index (χ2v) is 6.23. The lowest BCUT2D eigenvalue weighted by atomic mass is 9.77. The quantitative estimate of drug-likeness (QED) is 0.758. The highest BCUT2D eigenvalue weighted by Crippen LogP contribution is 2.38. The van der Waals surface area contributed by atoms with Crippen molar-refractivity contribution in [2.24, 2.45) is 12.5 Å². The summed E-state index contributed by atoms with van der Waals surface area (Å²) in [5.41, 5.74) is -0.0483. The molecule has 0 unspecified atom stereocenters. The lowest BCUT2D eigenvalue weighted by Crippen LogP contribution is -2.47. The maximum absolute atomic E-state index is 12.4. The standard InChI is InChI=1S/C15H21N5O4/c1-19-10(12(21)24-2)9-11(18-19)17-14(23)20-7-4-15(5-8-20)3-6-16-13(15)22/h9H,3-8H2,1-2H3,(H,16,22)(H,17,18,23). The van der Waals surface area contributed by atoms with E-state index in [1.807, 2.05) is 0 Å². The van der Waals surface area contributed by atoms with E-state index in [2.05, 4.69) is 20.5 Å². The zero-order chi connectivity index (χ0) is 17.3. The highest BCUT2D eigenvalue weighted by Gasteiger charge is 2.45. The van der Waals surface area contributed by atoms with E-state index in [0.717, 1.165) is 13.0 Å². The van der Waals surface area contributed by atoms with Crippen LogP contribution in [-0.4, -0.2) is 59.3 Å². The fraction of sp³-hybridized carbons (Fsp3) is 0.600. The van der Waals surface area contributed by atoms with Crippen molar-refractivity contribution in [3.05, 3.63) is 11.8 Å². The Kier molecular flexibility index (Phi) is 4.16. The zero-order valence-electron chi connectivity index (χ0n) is 13.8. The summed E-state index contributed by atoms with van der Waals surface area (Å²) in [5.74, 6) is -0.116. The van der Waals surface area contributed by atoms with Crippen LogP contribution < -0.4 is 10.6 Å². The third kappa shape index (κ3) is 2.81. The van der Waals surface area contributed by atoms with Crippen LogP contribution in [0.2, 0.25) is 0 Å². The van der Waals surface area contributed by atoms with E-state index in [9.17, 15) is 14.4 Å². The average Bonchev–Trinajstić information content (AvgIpc) is 3.11. The van der Waals surface area contributed by atoms with E-state index in [1.54, 1.807) is 11.9 Å². The van der Waals surface area contributed by atoms with E-state index < -0.39 is 5.97 Å². The summed E-state index contributed by atoms with van der Waals surface area (Å²) in [6.07, 6.45) is 2.17. The molecule has 0 aliphatic carbocycles. The Morgan fingerprint density at radius 3 is 2.62 bits per heavy atom. The van der Waals surface area contributed by atoms with Gasteiger partial charge in [-0.2, -0.15) is 5.10 Å². The summed E-state index contributed by atoms with van der Waals surface area (Å²) in [7, 11) is 2.89. The van der Waals surface area contributed by atoms with Crippen molar-refractivity contribution in [3.63, 3.8) is 0 Å². The summed E-state index contributed by atoms with van der Waals surface area (Å²) in [4.78, 5) is 37.6. The van der Waals surface area contributed by atoms with Crippen LogP contribution in [-0.2, 0) is 16.6 Å². The molecule has 130 valence electrons. The predicted molar refractivity (Wildman–Crippen MR) is 84.4 cm³/mol. The molecule has 0 bridgehead atoms. The first kappa shape index (κ1) is 16.3. The van der Waals surface area contributed by atoms with Crippen molar-refractivity contribution in [1.82, 2.24) is 20.0 Å². The molecular formula is C15H21N5O4. The van der Waals surface area contributed by atoms with Gasteiger partial charge in [-0.05, 0) is 19.3 Å². The van der Waals surface area contributed by atoms with Crippen molar-refractivity contribution in [2.75, 3.05) is 32.1 Å². The van der Waals surface area contributed by atoms with E-state index in [-0.39, 0.29) is 23.0 Å². The number of aryl methyl sites for hydroxylation is 1. The fourth-order valence-electron chi connectivity index (χ4n) is 3.34. The van der Waals surface area contributed by atoms with Gasteiger partial charge in [0.15, 0.2) is 5.82 Å². The molecule has 0 atom stereocenters. The summed E-state index contributed by atoms with van der Waals surface area (Å²) >= 11 is 0. The van der Waals surface area contributed by atoms with Gasteiger partial charge in [-0.1, -0.05) is 0 Å². The van der Waals surface area contributed by atoms with Gasteiger partial charge in [0.2, 0.25) is 5.91 Å². The molecule has 2 fully saturated rings. The summed E-state index contributed by atoms with van der Waals surface area (Å²) in [5, 5.41) is 9.65. The number of ether oxygens (including phenoxy) is 1. The van der Waals surface area contributed by atoms with E-state index in [1.165, 1.54) is 17.9 Å². The number of urea groups is 1. The summed E-state index contributed by atoms with van der Waals surface area (Å²) < 4.78 is 6.01. The molecule has 0 saturated carbocycles. The van der Waals surface area contributed by atoms with Crippen LogP contribution in [0.4, 0.5) is 10.6 Å². The third-order valence-electron chi connectivity index (χ3n) is 4.89. The van der Waals surface area contributed by atoms with Crippen LogP contribution in [0.25, 0.3) is 0 Å². The number of anilines is 1. The molecule has 2 aliphatic rings. The molecule has 3 amide bonds. The number of nitrogens with zero attached hydrogens (tertiary/aromatic N) is 3. The van der Waals surface area contributed by atoms with Crippen LogP contribution in [0.5, 0.6) is 0 Å². The molecule has 1 aromatic heterocycles. The van der Waals surface area contributed by atoms with Crippen molar-refractivity contribution < 1.29 is 19.1 Å². The molecule has 2 saturated heterocycles. The molecular weight excluding hydrogens is 314 g/mol. The normalized spacial score (nSPS) is 19.2. The molecule has 0 radical (unpaired) electrons. The molecule has 2 aliphatic heterocycles. The smallest absolute Gasteiger partial charge is 0.356 e. The van der Waals surface area contributed by atoms with E-state index >= 15 is 0 Å². The van der Waals surface area contributed by atoms with Crippen molar-refractivity contribution in [2.45, 2.75) is 19.3 Å². The largest absolute Gasteiger partial charge is 0.464 e. The third-order valence-corrected chi connectivity index (χ3v) is 4.89. The first-order valence-corrected chi connectivity index (χ1v) is 7.92. The van der Waals surface area contributed by atoms with Gasteiger partial charge in [0.1, 0.15) is 5.69 Å². The number of hydrogen-bond donors (Lipinski definition) is 2. The van der Waals surface area contributed by atoms with Gasteiger partial charge < -0.3 is 15.0 Å². The monoisotopic (exact) mass is 335 g/mol. The number of esters is 1. The minimum absolute atomic E-state index is 0.106. The number of nitrogens with one attached hydrogen (secondary N) is 2.